The number of amides is 1. The molecular formula is C17H17ClN4O4. The van der Waals surface area contributed by atoms with E-state index in [2.05, 4.69) is 20.0 Å². The van der Waals surface area contributed by atoms with Gasteiger partial charge in [-0.25, -0.2) is 14.8 Å². The van der Waals surface area contributed by atoms with Gasteiger partial charge >= 0.3 is 5.97 Å². The highest BCUT2D eigenvalue weighted by atomic mass is 35.5. The van der Waals surface area contributed by atoms with Crippen molar-refractivity contribution in [1.82, 2.24) is 9.97 Å². The van der Waals surface area contributed by atoms with E-state index >= 15 is 0 Å². The fourth-order valence-electron chi connectivity index (χ4n) is 2.44. The Kier molecular flexibility index (Phi) is 5.65. The maximum Gasteiger partial charge on any atom is 0.337 e. The topological polar surface area (TPSA) is 93.6 Å². The third-order valence-electron chi connectivity index (χ3n) is 3.81. The van der Waals surface area contributed by atoms with Crippen LogP contribution in [0.3, 0.4) is 0 Å². The van der Waals surface area contributed by atoms with Crippen LogP contribution in [-0.2, 0) is 9.47 Å². The minimum absolute atomic E-state index is 0.195. The number of halogens is 1. The van der Waals surface area contributed by atoms with Crippen molar-refractivity contribution in [2.75, 3.05) is 43.6 Å². The average molecular weight is 377 g/mol. The molecule has 1 aliphatic heterocycles. The number of hydrogen-bond donors (Lipinski definition) is 1. The van der Waals surface area contributed by atoms with Crippen LogP contribution in [0.4, 0.5) is 11.6 Å². The number of hydrogen-bond acceptors (Lipinski definition) is 7. The maximum absolute atomic E-state index is 12.5. The molecule has 8 nitrogen and oxygen atoms in total. The normalized spacial score (nSPS) is 14.0. The summed E-state index contributed by atoms with van der Waals surface area (Å²) in [6.45, 7) is 2.52. The minimum Gasteiger partial charge on any atom is -0.465 e. The second-order valence-corrected chi connectivity index (χ2v) is 5.89. The molecule has 0 aliphatic carbocycles. The van der Waals surface area contributed by atoms with E-state index in [9.17, 15) is 9.59 Å². The summed E-state index contributed by atoms with van der Waals surface area (Å²) >= 11 is 6.11. The number of carbonyl (C=O) groups is 2. The van der Waals surface area contributed by atoms with Crippen LogP contribution in [0.5, 0.6) is 0 Å². The first-order valence-corrected chi connectivity index (χ1v) is 8.31. The molecule has 1 fully saturated rings. The molecule has 0 unspecified atom stereocenters. The molecule has 0 atom stereocenters. The van der Waals surface area contributed by atoms with Gasteiger partial charge in [-0.1, -0.05) is 11.6 Å². The average Bonchev–Trinajstić information content (AvgIpc) is 2.69. The minimum atomic E-state index is -0.520. The van der Waals surface area contributed by atoms with Crippen LogP contribution in [0.2, 0.25) is 5.02 Å². The molecule has 0 radical (unpaired) electrons. The van der Waals surface area contributed by atoms with Crippen molar-refractivity contribution < 1.29 is 19.1 Å². The number of esters is 1. The molecule has 0 spiro atoms. The third-order valence-corrected chi connectivity index (χ3v) is 4.13. The molecule has 2 heterocycles. The molecule has 1 saturated heterocycles. The fourth-order valence-corrected chi connectivity index (χ4v) is 2.61. The molecule has 26 heavy (non-hydrogen) atoms. The van der Waals surface area contributed by atoms with Crippen LogP contribution in [0.15, 0.2) is 30.5 Å². The SMILES string of the molecule is COC(=O)c1ccc(Cl)c(NC(=O)c2ccnc(N3CCOCC3)n2)c1. The standard InChI is InChI=1S/C17H17ClN4O4/c1-25-16(24)11-2-3-12(18)14(10-11)20-15(23)13-4-5-19-17(21-13)22-6-8-26-9-7-22/h2-5,10H,6-9H2,1H3,(H,20,23). The summed E-state index contributed by atoms with van der Waals surface area (Å²) in [7, 11) is 1.28. The molecule has 136 valence electrons. The number of morpholine rings is 1. The van der Waals surface area contributed by atoms with Crippen LogP contribution in [0, 0.1) is 0 Å². The van der Waals surface area contributed by atoms with Crippen molar-refractivity contribution in [3.63, 3.8) is 0 Å². The molecule has 1 aromatic carbocycles. The van der Waals surface area contributed by atoms with Gasteiger partial charge in [-0.3, -0.25) is 4.79 Å². The summed E-state index contributed by atoms with van der Waals surface area (Å²) in [4.78, 5) is 34.6. The highest BCUT2D eigenvalue weighted by Crippen LogP contribution is 2.24. The molecule has 9 heteroatoms. The molecule has 2 aromatic rings. The first-order chi connectivity index (χ1) is 12.6. The van der Waals surface area contributed by atoms with E-state index < -0.39 is 11.9 Å². The Balaban J connectivity index is 1.79. The van der Waals surface area contributed by atoms with Crippen LogP contribution in [-0.4, -0.2) is 55.3 Å². The number of nitrogens with one attached hydrogen (secondary N) is 1. The zero-order valence-electron chi connectivity index (χ0n) is 14.1. The number of ether oxygens (including phenoxy) is 2. The lowest BCUT2D eigenvalue weighted by Gasteiger charge is -2.26. The monoisotopic (exact) mass is 376 g/mol. The second kappa shape index (κ2) is 8.11. The van der Waals surface area contributed by atoms with Gasteiger partial charge in [0.15, 0.2) is 0 Å². The number of carbonyl (C=O) groups excluding carboxylic acids is 2. The van der Waals surface area contributed by atoms with Crippen LogP contribution < -0.4 is 10.2 Å². The van der Waals surface area contributed by atoms with E-state index in [1.54, 1.807) is 0 Å². The van der Waals surface area contributed by atoms with Gasteiger partial charge < -0.3 is 19.7 Å². The van der Waals surface area contributed by atoms with E-state index in [1.165, 1.54) is 37.6 Å². The van der Waals surface area contributed by atoms with Gasteiger partial charge in [0.2, 0.25) is 5.95 Å². The largest absolute Gasteiger partial charge is 0.465 e. The molecule has 0 bridgehead atoms. The lowest BCUT2D eigenvalue weighted by Crippen LogP contribution is -2.37. The number of aromatic nitrogens is 2. The smallest absolute Gasteiger partial charge is 0.337 e. The van der Waals surface area contributed by atoms with Crippen molar-refractivity contribution in [3.8, 4) is 0 Å². The lowest BCUT2D eigenvalue weighted by atomic mass is 10.2. The van der Waals surface area contributed by atoms with Crippen molar-refractivity contribution in [1.29, 1.82) is 0 Å². The Labute approximate surface area is 155 Å². The third kappa shape index (κ3) is 4.09. The van der Waals surface area contributed by atoms with Crippen molar-refractivity contribution >= 4 is 35.1 Å². The summed E-state index contributed by atoms with van der Waals surface area (Å²) in [6.07, 6.45) is 1.53. The highest BCUT2D eigenvalue weighted by Gasteiger charge is 2.17. The summed E-state index contributed by atoms with van der Waals surface area (Å²) < 4.78 is 9.97. The summed E-state index contributed by atoms with van der Waals surface area (Å²) in [6, 6.07) is 6.00. The van der Waals surface area contributed by atoms with Gasteiger partial charge in [0.25, 0.3) is 5.91 Å². The maximum atomic E-state index is 12.5. The lowest BCUT2D eigenvalue weighted by molar-refractivity contribution is 0.0600. The summed E-state index contributed by atoms with van der Waals surface area (Å²) in [5.41, 5.74) is 0.774. The molecule has 3 rings (SSSR count). The first-order valence-electron chi connectivity index (χ1n) is 7.93. The number of methoxy groups -OCH3 is 1. The summed E-state index contributed by atoms with van der Waals surface area (Å²) in [5, 5.41) is 2.96. The van der Waals surface area contributed by atoms with Gasteiger partial charge in [-0.15, -0.1) is 0 Å². The Morgan fingerprint density at radius 2 is 2.04 bits per heavy atom. The van der Waals surface area contributed by atoms with E-state index in [-0.39, 0.29) is 11.3 Å². The van der Waals surface area contributed by atoms with E-state index in [1.807, 2.05) is 4.90 Å². The van der Waals surface area contributed by atoms with Crippen LogP contribution in [0.1, 0.15) is 20.8 Å². The van der Waals surface area contributed by atoms with Crippen LogP contribution >= 0.6 is 11.6 Å². The molecule has 1 aliphatic rings. The number of rotatable bonds is 4. The zero-order valence-corrected chi connectivity index (χ0v) is 14.8. The quantitative estimate of drug-likeness (QED) is 0.815. The Morgan fingerprint density at radius 1 is 1.27 bits per heavy atom. The molecule has 1 N–H and O–H groups in total. The predicted octanol–water partition coefficient (Wildman–Crippen LogP) is 2.01. The van der Waals surface area contributed by atoms with Gasteiger partial charge in [0.05, 0.1) is 36.6 Å². The van der Waals surface area contributed by atoms with Crippen molar-refractivity contribution in [3.05, 3.63) is 46.7 Å². The van der Waals surface area contributed by atoms with Crippen molar-refractivity contribution in [2.45, 2.75) is 0 Å². The first kappa shape index (κ1) is 18.1. The predicted molar refractivity (Wildman–Crippen MR) is 95.8 cm³/mol. The van der Waals surface area contributed by atoms with E-state index in [4.69, 9.17) is 16.3 Å². The second-order valence-electron chi connectivity index (χ2n) is 5.48. The Hall–Kier alpha value is -2.71. The number of nitrogens with zero attached hydrogens (tertiary/aromatic N) is 3. The van der Waals surface area contributed by atoms with Gasteiger partial charge in [-0.2, -0.15) is 0 Å². The molecule has 1 aromatic heterocycles. The fraction of sp³-hybridized carbons (Fsp3) is 0.294. The van der Waals surface area contributed by atoms with E-state index in [0.717, 1.165) is 0 Å². The molecular weight excluding hydrogens is 360 g/mol. The molecule has 0 saturated carbocycles. The Bertz CT molecular complexity index is 824. The van der Waals surface area contributed by atoms with E-state index in [0.29, 0.717) is 43.0 Å². The Morgan fingerprint density at radius 3 is 2.77 bits per heavy atom. The number of anilines is 2. The molecule has 1 amide bonds. The summed E-state index contributed by atoms with van der Waals surface area (Å²) in [5.74, 6) is -0.505. The van der Waals surface area contributed by atoms with Gasteiger partial charge in [0.1, 0.15) is 5.69 Å². The zero-order chi connectivity index (χ0) is 18.5. The van der Waals surface area contributed by atoms with Gasteiger partial charge in [-0.05, 0) is 24.3 Å². The van der Waals surface area contributed by atoms with Crippen molar-refractivity contribution in [2.24, 2.45) is 0 Å². The highest BCUT2D eigenvalue weighted by molar-refractivity contribution is 6.34. The van der Waals surface area contributed by atoms with Crippen LogP contribution in [0.25, 0.3) is 0 Å². The van der Waals surface area contributed by atoms with Gasteiger partial charge in [0, 0.05) is 19.3 Å². The number of benzene rings is 1.